The Balaban J connectivity index is 1.40. The third-order valence-electron chi connectivity index (χ3n) is 9.58. The molecule has 10 rings (SSSR count). The maximum Gasteiger partial charge on any atom is 0.220 e. The highest BCUT2D eigenvalue weighted by molar-refractivity contribution is 6.20. The molecular weight excluding hydrogens is 498 g/mol. The molecule has 0 fully saturated rings. The Morgan fingerprint density at radius 2 is 1.29 bits per heavy atom. The van der Waals surface area contributed by atoms with Gasteiger partial charge in [-0.2, -0.15) is 0 Å². The molecule has 0 spiro atoms. The van der Waals surface area contributed by atoms with E-state index < -0.39 is 0 Å². The summed E-state index contributed by atoms with van der Waals surface area (Å²) in [5, 5.41) is 5.06. The van der Waals surface area contributed by atoms with Gasteiger partial charge in [0.15, 0.2) is 0 Å². The maximum absolute atomic E-state index is 5.17. The third-order valence-corrected chi connectivity index (χ3v) is 9.58. The summed E-state index contributed by atoms with van der Waals surface area (Å²) in [7, 11) is 0. The van der Waals surface area contributed by atoms with Crippen molar-refractivity contribution in [2.24, 2.45) is 0 Å². The first kappa shape index (κ1) is 21.6. The van der Waals surface area contributed by atoms with Crippen LogP contribution in [0.4, 0.5) is 0 Å². The molecule has 0 N–H and O–H groups in total. The molecule has 1 aliphatic carbocycles. The van der Waals surface area contributed by atoms with Gasteiger partial charge in [0.25, 0.3) is 0 Å². The number of rotatable bonds is 1. The number of para-hydroxylation sites is 2. The number of imidazole rings is 2. The van der Waals surface area contributed by atoms with Crippen molar-refractivity contribution in [2.45, 2.75) is 19.3 Å². The van der Waals surface area contributed by atoms with Crippen molar-refractivity contribution in [1.29, 1.82) is 0 Å². The number of nitrogens with zero attached hydrogens (tertiary/aromatic N) is 3. The summed E-state index contributed by atoms with van der Waals surface area (Å²) < 4.78 is 4.74. The summed E-state index contributed by atoms with van der Waals surface area (Å²) in [5.41, 5.74) is 13.8. The van der Waals surface area contributed by atoms with E-state index in [1.165, 1.54) is 71.5 Å². The highest BCUT2D eigenvalue weighted by Gasteiger charge is 2.37. The Labute approximate surface area is 236 Å². The maximum atomic E-state index is 5.17. The largest absolute Gasteiger partial charge is 0.277 e. The lowest BCUT2D eigenvalue weighted by Gasteiger charge is -2.24. The molecule has 3 heteroatoms. The van der Waals surface area contributed by atoms with E-state index in [-0.39, 0.29) is 5.41 Å². The minimum atomic E-state index is -0.0884. The molecule has 41 heavy (non-hydrogen) atoms. The van der Waals surface area contributed by atoms with E-state index in [1.54, 1.807) is 0 Å². The molecule has 9 aromatic rings. The standard InChI is InChI=1S/C38H25N3/c1-38(2)30-15-6-5-12-26(30)27-14-9-13-25(35(27)38)24-19-29-28-18-22-10-3-4-11-23(22)20-33(28)41-36(29)34(21-24)40-32-17-8-7-16-31(32)39-37(40)41/h3-21H,1-2H3. The fourth-order valence-electron chi connectivity index (χ4n) is 7.83. The lowest BCUT2D eigenvalue weighted by atomic mass is 9.78. The number of hydrogen-bond acceptors (Lipinski definition) is 1. The first-order chi connectivity index (χ1) is 20.1. The van der Waals surface area contributed by atoms with Crippen molar-refractivity contribution in [1.82, 2.24) is 13.8 Å². The van der Waals surface area contributed by atoms with E-state index in [4.69, 9.17) is 4.98 Å². The van der Waals surface area contributed by atoms with Gasteiger partial charge in [-0.3, -0.25) is 8.80 Å². The van der Waals surface area contributed by atoms with Gasteiger partial charge in [-0.25, -0.2) is 4.98 Å². The summed E-state index contributed by atoms with van der Waals surface area (Å²) >= 11 is 0. The second-order valence-electron chi connectivity index (χ2n) is 12.1. The van der Waals surface area contributed by atoms with E-state index in [2.05, 4.69) is 138 Å². The molecule has 0 radical (unpaired) electrons. The predicted molar refractivity (Wildman–Crippen MR) is 170 cm³/mol. The van der Waals surface area contributed by atoms with Gasteiger partial charge in [0.1, 0.15) is 0 Å². The van der Waals surface area contributed by atoms with Crippen LogP contribution in [0.2, 0.25) is 0 Å². The molecule has 3 nitrogen and oxygen atoms in total. The predicted octanol–water partition coefficient (Wildman–Crippen LogP) is 9.61. The molecule has 0 atom stereocenters. The molecule has 192 valence electrons. The Morgan fingerprint density at radius 3 is 2.20 bits per heavy atom. The molecule has 1 aliphatic rings. The van der Waals surface area contributed by atoms with Crippen LogP contribution in [-0.2, 0) is 5.41 Å². The number of benzene rings is 6. The van der Waals surface area contributed by atoms with E-state index in [0.717, 1.165) is 16.8 Å². The second-order valence-corrected chi connectivity index (χ2v) is 12.1. The van der Waals surface area contributed by atoms with Gasteiger partial charge in [-0.15, -0.1) is 0 Å². The molecule has 0 saturated carbocycles. The van der Waals surface area contributed by atoms with Crippen molar-refractivity contribution in [3.8, 4) is 22.3 Å². The zero-order valence-electron chi connectivity index (χ0n) is 22.8. The molecule has 6 aromatic carbocycles. The summed E-state index contributed by atoms with van der Waals surface area (Å²) in [4.78, 5) is 5.17. The second kappa shape index (κ2) is 7.13. The molecule has 0 amide bonds. The molecule has 3 heterocycles. The smallest absolute Gasteiger partial charge is 0.220 e. The fourth-order valence-corrected chi connectivity index (χ4v) is 7.83. The monoisotopic (exact) mass is 523 g/mol. The van der Waals surface area contributed by atoms with Crippen molar-refractivity contribution < 1.29 is 0 Å². The average molecular weight is 524 g/mol. The average Bonchev–Trinajstić information content (AvgIpc) is 3.70. The fraction of sp³-hybridized carbons (Fsp3) is 0.0789. The molecular formula is C38H25N3. The highest BCUT2D eigenvalue weighted by atomic mass is 15.2. The van der Waals surface area contributed by atoms with E-state index in [9.17, 15) is 0 Å². The molecule has 3 aromatic heterocycles. The molecule has 0 saturated heterocycles. The SMILES string of the molecule is CC1(C)c2ccccc2-c2cccc(-c3cc4c5cc6ccccc6cc5n5c4c(c3)n3c4ccccc4nc35)c21. The molecule has 0 unspecified atom stereocenters. The van der Waals surface area contributed by atoms with E-state index in [1.807, 2.05) is 0 Å². The van der Waals surface area contributed by atoms with Gasteiger partial charge in [-0.05, 0) is 80.6 Å². The number of hydrogen-bond donors (Lipinski definition) is 0. The van der Waals surface area contributed by atoms with Gasteiger partial charge in [0, 0.05) is 16.2 Å². The summed E-state index contributed by atoms with van der Waals surface area (Å²) in [6, 6.07) is 42.4. The van der Waals surface area contributed by atoms with Crippen LogP contribution in [0.3, 0.4) is 0 Å². The van der Waals surface area contributed by atoms with Gasteiger partial charge in [0.2, 0.25) is 5.78 Å². The van der Waals surface area contributed by atoms with E-state index >= 15 is 0 Å². The lowest BCUT2D eigenvalue weighted by Crippen LogP contribution is -2.16. The van der Waals surface area contributed by atoms with Crippen LogP contribution in [-0.4, -0.2) is 13.8 Å². The number of aromatic nitrogens is 3. The molecule has 0 bridgehead atoms. The van der Waals surface area contributed by atoms with Gasteiger partial charge >= 0.3 is 0 Å². The van der Waals surface area contributed by atoms with Crippen molar-refractivity contribution >= 4 is 54.9 Å². The van der Waals surface area contributed by atoms with Crippen LogP contribution in [0, 0.1) is 0 Å². The number of fused-ring (bicyclic) bond motifs is 12. The third kappa shape index (κ3) is 2.53. The normalized spacial score (nSPS) is 14.3. The van der Waals surface area contributed by atoms with Crippen LogP contribution < -0.4 is 0 Å². The highest BCUT2D eigenvalue weighted by Crippen LogP contribution is 2.52. The quantitative estimate of drug-likeness (QED) is 0.210. The van der Waals surface area contributed by atoms with Crippen LogP contribution in [0.25, 0.3) is 77.2 Å². The van der Waals surface area contributed by atoms with Gasteiger partial charge in [0.05, 0.1) is 27.6 Å². The van der Waals surface area contributed by atoms with Crippen LogP contribution in [0.15, 0.2) is 115 Å². The van der Waals surface area contributed by atoms with Gasteiger partial charge < -0.3 is 0 Å². The Hall–Kier alpha value is -5.15. The first-order valence-electron chi connectivity index (χ1n) is 14.3. The first-order valence-corrected chi connectivity index (χ1v) is 14.3. The summed E-state index contributed by atoms with van der Waals surface area (Å²) in [6.07, 6.45) is 0. The van der Waals surface area contributed by atoms with Gasteiger partial charge in [-0.1, -0.05) is 92.7 Å². The molecule has 0 aliphatic heterocycles. The Bertz CT molecular complexity index is 2560. The van der Waals surface area contributed by atoms with Crippen molar-refractivity contribution in [2.75, 3.05) is 0 Å². The zero-order valence-corrected chi connectivity index (χ0v) is 22.8. The lowest BCUT2D eigenvalue weighted by molar-refractivity contribution is 0.662. The van der Waals surface area contributed by atoms with Crippen LogP contribution in [0.1, 0.15) is 25.0 Å². The minimum Gasteiger partial charge on any atom is -0.277 e. The summed E-state index contributed by atoms with van der Waals surface area (Å²) in [6.45, 7) is 4.75. The minimum absolute atomic E-state index is 0.0884. The Morgan fingerprint density at radius 1 is 0.561 bits per heavy atom. The van der Waals surface area contributed by atoms with E-state index in [0.29, 0.717) is 0 Å². The zero-order chi connectivity index (χ0) is 27.0. The Kier molecular flexibility index (Phi) is 3.76. The van der Waals surface area contributed by atoms with Crippen LogP contribution in [0.5, 0.6) is 0 Å². The topological polar surface area (TPSA) is 21.7 Å². The summed E-state index contributed by atoms with van der Waals surface area (Å²) in [5.74, 6) is 0.972. The van der Waals surface area contributed by atoms with Crippen LogP contribution >= 0.6 is 0 Å². The van der Waals surface area contributed by atoms with Crippen molar-refractivity contribution in [3.05, 3.63) is 126 Å². The van der Waals surface area contributed by atoms with Crippen molar-refractivity contribution in [3.63, 3.8) is 0 Å².